The molecule has 0 bridgehead atoms. The second-order valence-electron chi connectivity index (χ2n) is 3.94. The number of benzene rings is 1. The predicted molar refractivity (Wildman–Crippen MR) is 75.2 cm³/mol. The van der Waals surface area contributed by atoms with E-state index in [2.05, 4.69) is 10.3 Å². The Hall–Kier alpha value is -2.08. The van der Waals surface area contributed by atoms with Gasteiger partial charge in [0.2, 0.25) is 0 Å². The van der Waals surface area contributed by atoms with Gasteiger partial charge in [-0.05, 0) is 12.1 Å². The Balaban J connectivity index is 2.22. The van der Waals surface area contributed by atoms with Crippen molar-refractivity contribution in [2.45, 2.75) is 0 Å². The summed E-state index contributed by atoms with van der Waals surface area (Å²) in [6.07, 6.45) is 0. The summed E-state index contributed by atoms with van der Waals surface area (Å²) in [4.78, 5) is 17.8. The van der Waals surface area contributed by atoms with Gasteiger partial charge in [0, 0.05) is 19.5 Å². The zero-order chi connectivity index (χ0) is 13.1. The highest BCUT2D eigenvalue weighted by atomic mass is 32.1. The molecule has 2 rings (SSSR count). The minimum Gasteiger partial charge on any atom is -0.376 e. The van der Waals surface area contributed by atoms with Gasteiger partial charge in [0.1, 0.15) is 5.69 Å². The average molecular weight is 262 g/mol. The molecule has 0 saturated carbocycles. The topological polar surface area (TPSA) is 71.2 Å². The highest BCUT2D eigenvalue weighted by Gasteiger charge is 2.12. The number of aromatic nitrogens is 1. The fraction of sp³-hybridized carbons (Fsp3) is 0.167. The van der Waals surface area contributed by atoms with Crippen molar-refractivity contribution in [3.8, 4) is 0 Å². The molecule has 5 nitrogen and oxygen atoms in total. The van der Waals surface area contributed by atoms with Gasteiger partial charge in [0.25, 0.3) is 5.91 Å². The van der Waals surface area contributed by atoms with E-state index >= 15 is 0 Å². The first-order valence-electron chi connectivity index (χ1n) is 5.36. The van der Waals surface area contributed by atoms with Crippen LogP contribution in [0.1, 0.15) is 10.5 Å². The van der Waals surface area contributed by atoms with Crippen molar-refractivity contribution in [2.24, 2.45) is 0 Å². The van der Waals surface area contributed by atoms with E-state index in [0.29, 0.717) is 10.8 Å². The first-order valence-corrected chi connectivity index (χ1v) is 6.24. The summed E-state index contributed by atoms with van der Waals surface area (Å²) in [6, 6.07) is 7.58. The van der Waals surface area contributed by atoms with E-state index in [1.54, 1.807) is 5.38 Å². The van der Waals surface area contributed by atoms with Gasteiger partial charge in [-0.25, -0.2) is 4.98 Å². The lowest BCUT2D eigenvalue weighted by Gasteiger charge is -2.17. The van der Waals surface area contributed by atoms with Crippen LogP contribution >= 0.6 is 11.3 Å². The number of amides is 1. The first-order chi connectivity index (χ1) is 8.58. The molecule has 0 spiro atoms. The molecule has 0 atom stereocenters. The Morgan fingerprint density at radius 3 is 2.72 bits per heavy atom. The quantitative estimate of drug-likeness (QED) is 0.888. The van der Waals surface area contributed by atoms with Gasteiger partial charge in [-0.3, -0.25) is 4.79 Å². The van der Waals surface area contributed by atoms with Crippen LogP contribution < -0.4 is 16.0 Å². The number of hydrogen-bond acceptors (Lipinski definition) is 5. The average Bonchev–Trinajstić information content (AvgIpc) is 2.76. The number of nitrogens with two attached hydrogens (primary N) is 1. The van der Waals surface area contributed by atoms with Crippen LogP contribution in [0, 0.1) is 0 Å². The molecule has 3 N–H and O–H groups in total. The molecule has 1 amide bonds. The van der Waals surface area contributed by atoms with Crippen molar-refractivity contribution in [1.29, 1.82) is 0 Å². The number of anilines is 3. The molecule has 0 aliphatic heterocycles. The van der Waals surface area contributed by atoms with E-state index in [0.717, 1.165) is 11.4 Å². The highest BCUT2D eigenvalue weighted by molar-refractivity contribution is 7.13. The maximum Gasteiger partial charge on any atom is 0.275 e. The Kier molecular flexibility index (Phi) is 3.47. The summed E-state index contributed by atoms with van der Waals surface area (Å²) in [5.41, 5.74) is 7.53. The van der Waals surface area contributed by atoms with Crippen molar-refractivity contribution in [3.05, 3.63) is 35.3 Å². The van der Waals surface area contributed by atoms with Gasteiger partial charge in [0.05, 0.1) is 11.4 Å². The number of carbonyl (C=O) groups excluding carboxylic acids is 1. The molecule has 0 radical (unpaired) electrons. The molecule has 1 heterocycles. The molecule has 18 heavy (non-hydrogen) atoms. The largest absolute Gasteiger partial charge is 0.376 e. The van der Waals surface area contributed by atoms with Crippen molar-refractivity contribution < 1.29 is 4.79 Å². The van der Waals surface area contributed by atoms with Gasteiger partial charge < -0.3 is 16.0 Å². The van der Waals surface area contributed by atoms with Crippen LogP contribution in [-0.4, -0.2) is 25.0 Å². The third-order valence-corrected chi connectivity index (χ3v) is 3.06. The standard InChI is InChI=1S/C12H14N4OS/c1-16(2)10-6-4-3-5-8(10)14-11(17)9-7-18-12(13)15-9/h3-7H,1-2H3,(H2,13,15)(H,14,17). The zero-order valence-electron chi connectivity index (χ0n) is 10.2. The number of rotatable bonds is 3. The Morgan fingerprint density at radius 1 is 1.39 bits per heavy atom. The lowest BCUT2D eigenvalue weighted by Crippen LogP contribution is -2.16. The van der Waals surface area contributed by atoms with Crippen LogP contribution in [0.25, 0.3) is 0 Å². The molecule has 1 aromatic heterocycles. The second kappa shape index (κ2) is 5.05. The summed E-state index contributed by atoms with van der Waals surface area (Å²) >= 11 is 1.25. The lowest BCUT2D eigenvalue weighted by atomic mass is 10.2. The van der Waals surface area contributed by atoms with Crippen LogP contribution in [0.2, 0.25) is 0 Å². The monoisotopic (exact) mass is 262 g/mol. The van der Waals surface area contributed by atoms with Crippen molar-refractivity contribution in [1.82, 2.24) is 4.98 Å². The molecule has 1 aromatic carbocycles. The van der Waals surface area contributed by atoms with E-state index < -0.39 is 0 Å². The van der Waals surface area contributed by atoms with Crippen LogP contribution in [0.3, 0.4) is 0 Å². The van der Waals surface area contributed by atoms with E-state index in [1.807, 2.05) is 43.3 Å². The van der Waals surface area contributed by atoms with Gasteiger partial charge in [-0.2, -0.15) is 0 Å². The SMILES string of the molecule is CN(C)c1ccccc1NC(=O)c1csc(N)n1. The fourth-order valence-corrected chi connectivity index (χ4v) is 2.09. The Bertz CT molecular complexity index is 565. The van der Waals surface area contributed by atoms with Gasteiger partial charge in [0.15, 0.2) is 5.13 Å². The van der Waals surface area contributed by atoms with Crippen LogP contribution in [0.4, 0.5) is 16.5 Å². The highest BCUT2D eigenvalue weighted by Crippen LogP contribution is 2.24. The minimum atomic E-state index is -0.253. The summed E-state index contributed by atoms with van der Waals surface area (Å²) in [5.74, 6) is -0.253. The third-order valence-electron chi connectivity index (χ3n) is 2.39. The summed E-state index contributed by atoms with van der Waals surface area (Å²) in [6.45, 7) is 0. The lowest BCUT2D eigenvalue weighted by molar-refractivity contribution is 0.102. The van der Waals surface area contributed by atoms with Crippen molar-refractivity contribution in [2.75, 3.05) is 30.0 Å². The first kappa shape index (κ1) is 12.4. The predicted octanol–water partition coefficient (Wildman–Crippen LogP) is 2.04. The normalized spacial score (nSPS) is 10.1. The Morgan fingerprint density at radius 2 is 2.11 bits per heavy atom. The molecule has 6 heteroatoms. The number of para-hydroxylation sites is 2. The maximum absolute atomic E-state index is 12.0. The Labute approximate surface area is 109 Å². The molecule has 0 fully saturated rings. The number of carbonyl (C=O) groups is 1. The van der Waals surface area contributed by atoms with E-state index in [1.165, 1.54) is 11.3 Å². The van der Waals surface area contributed by atoms with Gasteiger partial charge in [-0.15, -0.1) is 11.3 Å². The summed E-state index contributed by atoms with van der Waals surface area (Å²) in [5, 5.41) is 4.86. The van der Waals surface area contributed by atoms with E-state index in [-0.39, 0.29) is 5.91 Å². The summed E-state index contributed by atoms with van der Waals surface area (Å²) in [7, 11) is 3.84. The molecule has 0 aliphatic rings. The van der Waals surface area contributed by atoms with Crippen LogP contribution in [0.5, 0.6) is 0 Å². The molecule has 0 saturated heterocycles. The molecular weight excluding hydrogens is 248 g/mol. The van der Waals surface area contributed by atoms with E-state index in [4.69, 9.17) is 5.73 Å². The molecule has 2 aromatic rings. The minimum absolute atomic E-state index is 0.253. The van der Waals surface area contributed by atoms with Gasteiger partial charge >= 0.3 is 0 Å². The number of thiazole rings is 1. The fourth-order valence-electron chi connectivity index (χ4n) is 1.55. The number of nitrogens with zero attached hydrogens (tertiary/aromatic N) is 2. The van der Waals surface area contributed by atoms with Gasteiger partial charge in [-0.1, -0.05) is 12.1 Å². The van der Waals surface area contributed by atoms with Crippen LogP contribution in [0.15, 0.2) is 29.6 Å². The van der Waals surface area contributed by atoms with E-state index in [9.17, 15) is 4.79 Å². The molecule has 0 unspecified atom stereocenters. The molecule has 0 aliphatic carbocycles. The van der Waals surface area contributed by atoms with Crippen molar-refractivity contribution in [3.63, 3.8) is 0 Å². The third kappa shape index (κ3) is 2.60. The second-order valence-corrected chi connectivity index (χ2v) is 4.83. The molecule has 94 valence electrons. The molecular formula is C12H14N4OS. The summed E-state index contributed by atoms with van der Waals surface area (Å²) < 4.78 is 0. The number of hydrogen-bond donors (Lipinski definition) is 2. The number of nitrogen functional groups attached to an aromatic ring is 1. The number of nitrogens with one attached hydrogen (secondary N) is 1. The maximum atomic E-state index is 12.0. The smallest absolute Gasteiger partial charge is 0.275 e. The van der Waals surface area contributed by atoms with Crippen LogP contribution in [-0.2, 0) is 0 Å². The van der Waals surface area contributed by atoms with Crippen molar-refractivity contribution >= 4 is 33.8 Å². The zero-order valence-corrected chi connectivity index (χ0v) is 11.0.